The van der Waals surface area contributed by atoms with Gasteiger partial charge in [-0.05, 0) is 36.1 Å². The third kappa shape index (κ3) is 4.91. The number of likely N-dealkylation sites (tertiary alicyclic amines) is 1. The largest absolute Gasteiger partial charge is 0.480 e. The third-order valence-electron chi connectivity index (χ3n) is 4.91. The van der Waals surface area contributed by atoms with Crippen molar-refractivity contribution in [3.63, 3.8) is 0 Å². The van der Waals surface area contributed by atoms with E-state index in [2.05, 4.69) is 10.6 Å². The predicted molar refractivity (Wildman–Crippen MR) is 106 cm³/mol. The normalized spacial score (nSPS) is 18.3. The van der Waals surface area contributed by atoms with Crippen molar-refractivity contribution in [2.45, 2.75) is 31.5 Å². The Hall–Kier alpha value is -3.39. The van der Waals surface area contributed by atoms with Gasteiger partial charge in [0.25, 0.3) is 0 Å². The van der Waals surface area contributed by atoms with Gasteiger partial charge in [-0.25, -0.2) is 9.59 Å². The summed E-state index contributed by atoms with van der Waals surface area (Å²) in [5, 5.41) is 23.7. The molecule has 8 nitrogen and oxygen atoms in total. The molecule has 1 aliphatic rings. The molecule has 0 bridgehead atoms. The topological polar surface area (TPSA) is 119 Å². The molecule has 1 aliphatic heterocycles. The van der Waals surface area contributed by atoms with Crippen LogP contribution in [0.15, 0.2) is 54.6 Å². The van der Waals surface area contributed by atoms with Crippen LogP contribution in [0.3, 0.4) is 0 Å². The molecule has 0 radical (unpaired) electrons. The molecule has 29 heavy (non-hydrogen) atoms. The maximum absolute atomic E-state index is 12.8. The van der Waals surface area contributed by atoms with E-state index >= 15 is 0 Å². The minimum Gasteiger partial charge on any atom is -0.480 e. The highest BCUT2D eigenvalue weighted by Crippen LogP contribution is 2.36. The molecule has 0 spiro atoms. The number of aliphatic carboxylic acids is 1. The number of amides is 3. The smallest absolute Gasteiger partial charge is 0.326 e. The molecule has 0 aromatic heterocycles. The van der Waals surface area contributed by atoms with Crippen molar-refractivity contribution in [3.05, 3.63) is 65.7 Å². The fraction of sp³-hybridized carbons (Fsp3) is 0.286. The van der Waals surface area contributed by atoms with Gasteiger partial charge in [0.1, 0.15) is 6.04 Å². The molecule has 1 saturated heterocycles. The fourth-order valence-corrected chi connectivity index (χ4v) is 3.57. The number of hydrogen-bond acceptors (Lipinski definition) is 4. The van der Waals surface area contributed by atoms with Crippen LogP contribution < -0.4 is 10.6 Å². The predicted octanol–water partition coefficient (Wildman–Crippen LogP) is 2.12. The Morgan fingerprint density at radius 3 is 2.48 bits per heavy atom. The molecule has 152 valence electrons. The molecule has 0 aliphatic carbocycles. The van der Waals surface area contributed by atoms with Gasteiger partial charge in [0.2, 0.25) is 5.91 Å². The first kappa shape index (κ1) is 20.3. The quantitative estimate of drug-likeness (QED) is 0.595. The summed E-state index contributed by atoms with van der Waals surface area (Å²) in [5.74, 6) is -1.51. The number of carbonyl (C=O) groups excluding carboxylic acids is 2. The molecule has 3 amide bonds. The van der Waals surface area contributed by atoms with Crippen LogP contribution in [0.4, 0.5) is 10.5 Å². The maximum Gasteiger partial charge on any atom is 0.326 e. The number of urea groups is 1. The second kappa shape index (κ2) is 9.20. The van der Waals surface area contributed by atoms with Crippen molar-refractivity contribution in [2.24, 2.45) is 0 Å². The average molecular weight is 397 g/mol. The van der Waals surface area contributed by atoms with Crippen LogP contribution in [0.5, 0.6) is 0 Å². The van der Waals surface area contributed by atoms with Crippen molar-refractivity contribution in [1.82, 2.24) is 10.2 Å². The van der Waals surface area contributed by atoms with Crippen LogP contribution in [0.2, 0.25) is 0 Å². The van der Waals surface area contributed by atoms with Crippen molar-refractivity contribution < 1.29 is 24.6 Å². The summed E-state index contributed by atoms with van der Waals surface area (Å²) in [6.07, 6.45) is 0.910. The molecule has 1 heterocycles. The number of aliphatic hydroxyl groups is 1. The maximum atomic E-state index is 12.8. The lowest BCUT2D eigenvalue weighted by Crippen LogP contribution is -2.47. The van der Waals surface area contributed by atoms with Gasteiger partial charge in [0.15, 0.2) is 0 Å². The monoisotopic (exact) mass is 397 g/mol. The Labute approximate surface area is 168 Å². The van der Waals surface area contributed by atoms with Gasteiger partial charge >= 0.3 is 12.0 Å². The summed E-state index contributed by atoms with van der Waals surface area (Å²) in [6, 6.07) is 14.1. The molecule has 2 atom stereocenters. The SMILES string of the molecule is O=C(NCC(=O)N1C(C(=O)O)CCC1c1ccccc1)Nc1cccc(CO)c1. The number of anilines is 1. The minimum atomic E-state index is -1.05. The van der Waals surface area contributed by atoms with Crippen molar-refractivity contribution in [3.8, 4) is 0 Å². The Kier molecular flexibility index (Phi) is 6.46. The summed E-state index contributed by atoms with van der Waals surface area (Å²) in [7, 11) is 0. The first-order valence-electron chi connectivity index (χ1n) is 9.33. The molecular weight excluding hydrogens is 374 g/mol. The Balaban J connectivity index is 1.65. The van der Waals surface area contributed by atoms with Gasteiger partial charge in [0, 0.05) is 5.69 Å². The highest BCUT2D eigenvalue weighted by molar-refractivity contribution is 5.93. The van der Waals surface area contributed by atoms with Gasteiger partial charge in [-0.15, -0.1) is 0 Å². The summed E-state index contributed by atoms with van der Waals surface area (Å²) >= 11 is 0. The van der Waals surface area contributed by atoms with Crippen molar-refractivity contribution >= 4 is 23.6 Å². The molecule has 2 aromatic rings. The number of rotatable bonds is 6. The van der Waals surface area contributed by atoms with E-state index in [1.807, 2.05) is 30.3 Å². The number of benzene rings is 2. The van der Waals surface area contributed by atoms with E-state index in [1.165, 1.54) is 4.90 Å². The minimum absolute atomic E-state index is 0.151. The number of nitrogens with zero attached hydrogens (tertiary/aromatic N) is 1. The standard InChI is InChI=1S/C21H23N3O5/c25-13-14-5-4-8-16(11-14)23-21(29)22-12-19(26)24-17(9-10-18(24)20(27)28)15-6-2-1-3-7-15/h1-8,11,17-18,25H,9-10,12-13H2,(H,27,28)(H2,22,23,29). The number of aliphatic hydroxyl groups excluding tert-OH is 1. The first-order chi connectivity index (χ1) is 14.0. The summed E-state index contributed by atoms with van der Waals surface area (Å²) < 4.78 is 0. The van der Waals surface area contributed by atoms with Gasteiger partial charge in [-0.3, -0.25) is 4.79 Å². The molecule has 4 N–H and O–H groups in total. The van der Waals surface area contributed by atoms with Crippen LogP contribution >= 0.6 is 0 Å². The highest BCUT2D eigenvalue weighted by Gasteiger charge is 2.41. The van der Waals surface area contributed by atoms with E-state index in [1.54, 1.807) is 24.3 Å². The van der Waals surface area contributed by atoms with Crippen LogP contribution in [-0.4, -0.2) is 45.6 Å². The summed E-state index contributed by atoms with van der Waals surface area (Å²) in [6.45, 7) is -0.472. The number of nitrogens with one attached hydrogen (secondary N) is 2. The Morgan fingerprint density at radius 2 is 1.79 bits per heavy atom. The summed E-state index contributed by atoms with van der Waals surface area (Å²) in [5.41, 5.74) is 1.99. The second-order valence-electron chi connectivity index (χ2n) is 6.83. The molecule has 3 rings (SSSR count). The lowest BCUT2D eigenvalue weighted by molar-refractivity contribution is -0.149. The van der Waals surface area contributed by atoms with Crippen LogP contribution in [-0.2, 0) is 16.2 Å². The van der Waals surface area contributed by atoms with E-state index in [0.717, 1.165) is 5.56 Å². The zero-order valence-corrected chi connectivity index (χ0v) is 15.7. The molecule has 0 saturated carbocycles. The van der Waals surface area contributed by atoms with E-state index in [-0.39, 0.29) is 19.2 Å². The van der Waals surface area contributed by atoms with Crippen LogP contribution in [0.1, 0.15) is 30.0 Å². The van der Waals surface area contributed by atoms with Crippen LogP contribution in [0.25, 0.3) is 0 Å². The highest BCUT2D eigenvalue weighted by atomic mass is 16.4. The first-order valence-corrected chi connectivity index (χ1v) is 9.33. The molecular formula is C21H23N3O5. The second-order valence-corrected chi connectivity index (χ2v) is 6.83. The zero-order chi connectivity index (χ0) is 20.8. The number of carboxylic acids is 1. The van der Waals surface area contributed by atoms with Gasteiger partial charge < -0.3 is 25.7 Å². The molecule has 2 aromatic carbocycles. The van der Waals surface area contributed by atoms with E-state index in [4.69, 9.17) is 5.11 Å². The lowest BCUT2D eigenvalue weighted by atomic mass is 10.0. The lowest BCUT2D eigenvalue weighted by Gasteiger charge is -2.28. The molecule has 8 heteroatoms. The van der Waals surface area contributed by atoms with Gasteiger partial charge in [-0.1, -0.05) is 42.5 Å². The van der Waals surface area contributed by atoms with Crippen molar-refractivity contribution in [2.75, 3.05) is 11.9 Å². The van der Waals surface area contributed by atoms with E-state index in [0.29, 0.717) is 24.1 Å². The van der Waals surface area contributed by atoms with E-state index < -0.39 is 23.9 Å². The third-order valence-corrected chi connectivity index (χ3v) is 4.91. The Morgan fingerprint density at radius 1 is 1.03 bits per heavy atom. The Bertz CT molecular complexity index is 887. The molecule has 2 unspecified atom stereocenters. The average Bonchev–Trinajstić information content (AvgIpc) is 3.18. The molecule has 1 fully saturated rings. The number of hydrogen-bond donors (Lipinski definition) is 4. The summed E-state index contributed by atoms with van der Waals surface area (Å²) in [4.78, 5) is 37.9. The fourth-order valence-electron chi connectivity index (χ4n) is 3.57. The zero-order valence-electron chi connectivity index (χ0n) is 15.7. The number of carbonyl (C=O) groups is 3. The van der Waals surface area contributed by atoms with Crippen molar-refractivity contribution in [1.29, 1.82) is 0 Å². The number of carboxylic acid groups (broad SMARTS) is 1. The van der Waals surface area contributed by atoms with Gasteiger partial charge in [-0.2, -0.15) is 0 Å². The van der Waals surface area contributed by atoms with Gasteiger partial charge in [0.05, 0.1) is 19.2 Å². The van der Waals surface area contributed by atoms with Crippen LogP contribution in [0, 0.1) is 0 Å². The van der Waals surface area contributed by atoms with E-state index in [9.17, 15) is 19.5 Å².